The minimum Gasteiger partial charge on any atom is -0.380 e. The van der Waals surface area contributed by atoms with Gasteiger partial charge in [-0.05, 0) is 38.2 Å². The normalized spacial score (nSPS) is 23.8. The molecule has 25 heavy (non-hydrogen) atoms. The van der Waals surface area contributed by atoms with Crippen LogP contribution in [0.1, 0.15) is 36.6 Å². The lowest BCUT2D eigenvalue weighted by atomic mass is 9.91. The van der Waals surface area contributed by atoms with Gasteiger partial charge in [-0.25, -0.2) is 9.97 Å². The molecule has 5 heteroatoms. The highest BCUT2D eigenvalue weighted by Crippen LogP contribution is 2.35. The first-order chi connectivity index (χ1) is 12.1. The lowest BCUT2D eigenvalue weighted by molar-refractivity contribution is -0.184. The predicted octanol–water partition coefficient (Wildman–Crippen LogP) is 2.45. The molecule has 2 aliphatic heterocycles. The molecule has 130 valence electrons. The summed E-state index contributed by atoms with van der Waals surface area (Å²) in [4.78, 5) is 12.1. The van der Waals surface area contributed by atoms with Crippen molar-refractivity contribution in [1.29, 1.82) is 0 Å². The van der Waals surface area contributed by atoms with Crippen molar-refractivity contribution in [3.05, 3.63) is 41.1 Å². The van der Waals surface area contributed by atoms with Gasteiger partial charge in [0.05, 0.1) is 18.9 Å². The van der Waals surface area contributed by atoms with Gasteiger partial charge in [0.1, 0.15) is 5.60 Å². The molecule has 1 aromatic heterocycles. The Morgan fingerprint density at radius 3 is 2.56 bits per heavy atom. The molecular formula is C20H23N3O2. The summed E-state index contributed by atoms with van der Waals surface area (Å²) in [5.74, 6) is 0.879. The maximum Gasteiger partial charge on any atom is 0.226 e. The highest BCUT2D eigenvalue weighted by molar-refractivity contribution is 5.67. The average molecular weight is 337 g/mol. The highest BCUT2D eigenvalue weighted by atomic mass is 16.5. The zero-order valence-electron chi connectivity index (χ0n) is 14.5. The number of rotatable bonds is 3. The Morgan fingerprint density at radius 2 is 1.96 bits per heavy atom. The van der Waals surface area contributed by atoms with Crippen molar-refractivity contribution in [1.82, 2.24) is 9.97 Å². The molecule has 0 bridgehead atoms. The number of ether oxygens (including phenoxy) is 1. The molecule has 2 aromatic rings. The van der Waals surface area contributed by atoms with Gasteiger partial charge in [-0.2, -0.15) is 0 Å². The van der Waals surface area contributed by atoms with Gasteiger partial charge in [0.2, 0.25) is 5.95 Å². The van der Waals surface area contributed by atoms with Crippen LogP contribution in [0, 0.1) is 0 Å². The Kier molecular flexibility index (Phi) is 3.37. The number of anilines is 1. The van der Waals surface area contributed by atoms with E-state index in [9.17, 15) is 5.11 Å². The molecular weight excluding hydrogens is 314 g/mol. The second-order valence-electron chi connectivity index (χ2n) is 7.58. The summed E-state index contributed by atoms with van der Waals surface area (Å²) in [6.07, 6.45) is 4.48. The van der Waals surface area contributed by atoms with Gasteiger partial charge in [0.25, 0.3) is 0 Å². The zero-order valence-corrected chi connectivity index (χ0v) is 14.5. The number of aliphatic hydroxyl groups is 1. The topological polar surface area (TPSA) is 58.5 Å². The van der Waals surface area contributed by atoms with Crippen LogP contribution in [-0.2, 0) is 23.2 Å². The number of aromatic nitrogens is 2. The highest BCUT2D eigenvalue weighted by Gasteiger charge is 2.38. The minimum atomic E-state index is -0.815. The summed E-state index contributed by atoms with van der Waals surface area (Å²) in [6.45, 7) is 4.04. The molecule has 0 amide bonds. The molecule has 3 aliphatic rings. The first kappa shape index (κ1) is 15.3. The maximum absolute atomic E-state index is 10.4. The minimum absolute atomic E-state index is 0.381. The third-order valence-corrected chi connectivity index (χ3v) is 5.88. The van der Waals surface area contributed by atoms with Gasteiger partial charge in [-0.3, -0.25) is 0 Å². The van der Waals surface area contributed by atoms with E-state index in [1.807, 2.05) is 12.1 Å². The lowest BCUT2D eigenvalue weighted by Crippen LogP contribution is -2.46. The van der Waals surface area contributed by atoms with Crippen molar-refractivity contribution in [3.63, 3.8) is 0 Å². The smallest absolute Gasteiger partial charge is 0.226 e. The standard InChI is InChI=1S/C20H23N3O2/c1-13-9-10-23(13)19-21-17-4-2-3-16(17)18(22-19)14-5-7-15(8-6-14)20(24)11-25-12-20/h5-8,13,24H,2-4,9-12H2,1H3/t13-/m0/s1. The fourth-order valence-electron chi connectivity index (χ4n) is 4.00. The van der Waals surface area contributed by atoms with Crippen molar-refractivity contribution in [2.24, 2.45) is 0 Å². The molecule has 5 nitrogen and oxygen atoms in total. The van der Waals surface area contributed by atoms with Crippen molar-refractivity contribution >= 4 is 5.95 Å². The third kappa shape index (κ3) is 2.37. The number of aryl methyl sites for hydroxylation is 1. The summed E-state index contributed by atoms with van der Waals surface area (Å²) in [7, 11) is 0. The van der Waals surface area contributed by atoms with E-state index in [1.54, 1.807) is 0 Å². The van der Waals surface area contributed by atoms with Crippen molar-refractivity contribution in [3.8, 4) is 11.3 Å². The van der Waals surface area contributed by atoms with Crippen molar-refractivity contribution < 1.29 is 9.84 Å². The summed E-state index contributed by atoms with van der Waals surface area (Å²) >= 11 is 0. The molecule has 2 saturated heterocycles. The van der Waals surface area contributed by atoms with Crippen LogP contribution in [0.4, 0.5) is 5.95 Å². The first-order valence-corrected chi connectivity index (χ1v) is 9.21. The van der Waals surface area contributed by atoms with E-state index < -0.39 is 5.60 Å². The van der Waals surface area contributed by atoms with Crippen LogP contribution in [-0.4, -0.2) is 40.9 Å². The summed E-state index contributed by atoms with van der Waals surface area (Å²) < 4.78 is 5.16. The van der Waals surface area contributed by atoms with Crippen LogP contribution < -0.4 is 4.90 Å². The van der Waals surface area contributed by atoms with Gasteiger partial charge in [0, 0.05) is 29.4 Å². The first-order valence-electron chi connectivity index (χ1n) is 9.21. The van der Waals surface area contributed by atoms with Crippen molar-refractivity contribution in [2.45, 2.75) is 44.2 Å². The van der Waals surface area contributed by atoms with Crippen LogP contribution in [0.25, 0.3) is 11.3 Å². The van der Waals surface area contributed by atoms with E-state index in [4.69, 9.17) is 14.7 Å². The fraction of sp³-hybridized carbons (Fsp3) is 0.500. The van der Waals surface area contributed by atoms with E-state index in [-0.39, 0.29) is 0 Å². The van der Waals surface area contributed by atoms with Crippen LogP contribution in [0.5, 0.6) is 0 Å². The van der Waals surface area contributed by atoms with Gasteiger partial charge in [-0.1, -0.05) is 24.3 Å². The fourth-order valence-corrected chi connectivity index (χ4v) is 4.00. The van der Waals surface area contributed by atoms with E-state index in [2.05, 4.69) is 24.0 Å². The molecule has 1 aromatic carbocycles. The Bertz CT molecular complexity index is 814. The van der Waals surface area contributed by atoms with E-state index in [0.717, 1.165) is 48.6 Å². The Hall–Kier alpha value is -1.98. The molecule has 1 atom stereocenters. The quantitative estimate of drug-likeness (QED) is 0.932. The summed E-state index contributed by atoms with van der Waals surface area (Å²) in [5, 5.41) is 10.4. The Balaban J connectivity index is 1.54. The summed E-state index contributed by atoms with van der Waals surface area (Å²) in [6, 6.07) is 8.70. The zero-order chi connectivity index (χ0) is 17.0. The second kappa shape index (κ2) is 5.51. The maximum atomic E-state index is 10.4. The number of benzene rings is 1. The number of nitrogens with zero attached hydrogens (tertiary/aromatic N) is 3. The van der Waals surface area contributed by atoms with E-state index in [1.165, 1.54) is 17.7 Å². The molecule has 0 spiro atoms. The molecule has 0 radical (unpaired) electrons. The average Bonchev–Trinajstić information content (AvgIpc) is 3.06. The van der Waals surface area contributed by atoms with Gasteiger partial charge < -0.3 is 14.7 Å². The predicted molar refractivity (Wildman–Crippen MR) is 95.6 cm³/mol. The molecule has 1 N–H and O–H groups in total. The molecule has 1 aliphatic carbocycles. The largest absolute Gasteiger partial charge is 0.380 e. The molecule has 0 unspecified atom stereocenters. The van der Waals surface area contributed by atoms with Crippen molar-refractivity contribution in [2.75, 3.05) is 24.7 Å². The number of hydrogen-bond acceptors (Lipinski definition) is 5. The van der Waals surface area contributed by atoms with Gasteiger partial charge in [0.15, 0.2) is 0 Å². The van der Waals surface area contributed by atoms with Gasteiger partial charge >= 0.3 is 0 Å². The monoisotopic (exact) mass is 337 g/mol. The second-order valence-corrected chi connectivity index (χ2v) is 7.58. The molecule has 5 rings (SSSR count). The number of hydrogen-bond donors (Lipinski definition) is 1. The van der Waals surface area contributed by atoms with Crippen LogP contribution in [0.15, 0.2) is 24.3 Å². The van der Waals surface area contributed by atoms with Gasteiger partial charge in [-0.15, -0.1) is 0 Å². The molecule has 2 fully saturated rings. The SMILES string of the molecule is C[C@H]1CCN1c1nc2c(c(-c3ccc(C4(O)COC4)cc3)n1)CCC2. The van der Waals surface area contributed by atoms with Crippen LogP contribution in [0.2, 0.25) is 0 Å². The van der Waals surface area contributed by atoms with E-state index in [0.29, 0.717) is 19.3 Å². The number of fused-ring (bicyclic) bond motifs is 1. The summed E-state index contributed by atoms with van der Waals surface area (Å²) in [5.41, 5.74) is 4.81. The van der Waals surface area contributed by atoms with Crippen LogP contribution in [0.3, 0.4) is 0 Å². The Morgan fingerprint density at radius 1 is 1.16 bits per heavy atom. The molecule has 3 heterocycles. The van der Waals surface area contributed by atoms with E-state index >= 15 is 0 Å². The lowest BCUT2D eigenvalue weighted by Gasteiger charge is -2.39. The van der Waals surface area contributed by atoms with Crippen LogP contribution >= 0.6 is 0 Å². The third-order valence-electron chi connectivity index (χ3n) is 5.88. The molecule has 0 saturated carbocycles. The Labute approximate surface area is 147 Å².